The number of allylic oxidation sites excluding steroid dienone is 2. The number of ether oxygens (including phenoxy) is 2. The van der Waals surface area contributed by atoms with E-state index in [-0.39, 0.29) is 95.5 Å². The zero-order valence-electron chi connectivity index (χ0n) is 92.0. The molecule has 0 spiro atoms. The molecule has 0 radical (unpaired) electrons. The predicted molar refractivity (Wildman–Crippen MR) is 594 cm³/mol. The van der Waals surface area contributed by atoms with Crippen LogP contribution in [0, 0.1) is 69.0 Å². The van der Waals surface area contributed by atoms with Crippen LogP contribution in [0.4, 0.5) is 22.7 Å². The minimum Gasteiger partial charge on any atom is -0.477 e. The summed E-state index contributed by atoms with van der Waals surface area (Å²) in [6.45, 7) is 27.7. The number of amides is 4. The van der Waals surface area contributed by atoms with Crippen LogP contribution in [0.1, 0.15) is 485 Å². The Balaban J connectivity index is 0.000000136. The van der Waals surface area contributed by atoms with Gasteiger partial charge in [0, 0.05) is 67.3 Å². The lowest BCUT2D eigenvalue weighted by Crippen LogP contribution is -2.46. The lowest BCUT2D eigenvalue weighted by Gasteiger charge is -2.39. The second-order valence-electron chi connectivity index (χ2n) is 50.4. The fourth-order valence-electron chi connectivity index (χ4n) is 26.9. The minimum absolute atomic E-state index is 0.00952. The van der Waals surface area contributed by atoms with Crippen LogP contribution in [0.15, 0.2) is 81.0 Å². The zero-order chi connectivity index (χ0) is 106. The molecule has 28 nitrogen and oxygen atoms in total. The highest BCUT2D eigenvalue weighted by atomic mass is 32.1. The summed E-state index contributed by atoms with van der Waals surface area (Å²) >= 11 is 5.89. The van der Waals surface area contributed by atoms with Crippen molar-refractivity contribution in [3.63, 3.8) is 0 Å². The van der Waals surface area contributed by atoms with Crippen molar-refractivity contribution in [2.24, 2.45) is 69.0 Å². The number of aromatic nitrogens is 12. The van der Waals surface area contributed by atoms with Gasteiger partial charge in [0.1, 0.15) is 70.1 Å². The van der Waals surface area contributed by atoms with E-state index in [2.05, 4.69) is 159 Å². The Kier molecular flexibility index (Phi) is 37.1. The molecule has 4 amide bonds. The first kappa shape index (κ1) is 112. The minimum atomic E-state index is -0.909. The van der Waals surface area contributed by atoms with E-state index in [1.807, 2.05) is 33.4 Å². The summed E-state index contributed by atoms with van der Waals surface area (Å²) in [6.07, 6.45) is 62.9. The number of carboxylic acids is 2. The molecule has 11 fully saturated rings. The lowest BCUT2D eigenvalue weighted by molar-refractivity contribution is -0.125. The number of carbonyl (C=O) groups is 8. The molecule has 11 saturated carbocycles. The summed E-state index contributed by atoms with van der Waals surface area (Å²) in [5, 5.41) is 37.9. The number of esters is 2. The Morgan fingerprint density at radius 3 is 0.793 bits per heavy atom. The van der Waals surface area contributed by atoms with Gasteiger partial charge in [0.25, 0.3) is 0 Å². The van der Waals surface area contributed by atoms with Crippen LogP contribution in [0.2, 0.25) is 0 Å². The van der Waals surface area contributed by atoms with Crippen LogP contribution in [0.5, 0.6) is 0 Å². The normalized spacial score (nSPS) is 28.2. The molecule has 0 unspecified atom stereocenters. The molecule has 12 aliphatic rings. The van der Waals surface area contributed by atoms with E-state index < -0.39 is 11.9 Å². The zero-order valence-corrected chi connectivity index (χ0v) is 95.2. The van der Waals surface area contributed by atoms with Crippen molar-refractivity contribution in [2.75, 3.05) is 33.8 Å². The molecule has 8 heterocycles. The Labute approximate surface area is 905 Å². The molecule has 0 aromatic carbocycles. The maximum Gasteiger partial charge on any atom is 0.350 e. The van der Waals surface area contributed by atoms with Gasteiger partial charge in [-0.25, -0.2) is 57.8 Å². The first-order valence-corrected chi connectivity index (χ1v) is 60.8. The second-order valence-corrected chi connectivity index (χ2v) is 54.7. The molecule has 0 aliphatic heterocycles. The van der Waals surface area contributed by atoms with Gasteiger partial charge in [-0.2, -0.15) is 20.4 Å². The molecule has 0 atom stereocenters. The lowest BCUT2D eigenvalue weighted by atomic mass is 9.73. The quantitative estimate of drug-likeness (QED) is 0.0531. The van der Waals surface area contributed by atoms with Gasteiger partial charge < -0.3 is 39.3 Å². The number of aromatic carboxylic acids is 2. The molecule has 818 valence electrons. The fourth-order valence-corrected chi connectivity index (χ4v) is 31.6. The number of methoxy groups -OCH3 is 2. The summed E-state index contributed by atoms with van der Waals surface area (Å²) < 4.78 is 18.3. The van der Waals surface area contributed by atoms with Crippen molar-refractivity contribution in [1.82, 2.24) is 59.1 Å². The van der Waals surface area contributed by atoms with Gasteiger partial charge in [0.15, 0.2) is 0 Å². The van der Waals surface area contributed by atoms with Gasteiger partial charge in [-0.1, -0.05) is 89.2 Å². The molecule has 150 heavy (non-hydrogen) atoms. The van der Waals surface area contributed by atoms with Gasteiger partial charge in [0.2, 0.25) is 23.6 Å². The molecule has 20 rings (SSSR count). The number of rotatable bonds is 24. The highest BCUT2D eigenvalue weighted by Crippen LogP contribution is 2.55. The van der Waals surface area contributed by atoms with Crippen molar-refractivity contribution in [1.29, 1.82) is 0 Å². The van der Waals surface area contributed by atoms with Crippen molar-refractivity contribution in [3.05, 3.63) is 120 Å². The molecule has 8 aromatic heterocycles. The Morgan fingerprint density at radius 1 is 0.313 bits per heavy atom. The van der Waals surface area contributed by atoms with Gasteiger partial charge in [-0.3, -0.25) is 19.2 Å². The third-order valence-electron chi connectivity index (χ3n) is 37.4. The monoisotopic (exact) mass is 2130 g/mol. The molecule has 0 saturated heterocycles. The van der Waals surface area contributed by atoms with Crippen LogP contribution in [0.25, 0.3) is 5.57 Å². The third kappa shape index (κ3) is 27.3. The highest BCUT2D eigenvalue weighted by Gasteiger charge is 2.47. The van der Waals surface area contributed by atoms with E-state index >= 15 is 0 Å². The van der Waals surface area contributed by atoms with Crippen molar-refractivity contribution in [2.45, 2.75) is 451 Å². The largest absolute Gasteiger partial charge is 0.477 e. The van der Waals surface area contributed by atoms with Crippen LogP contribution >= 0.6 is 45.3 Å². The molecular formula is C118H170N16O12S4. The maximum atomic E-state index is 14.3. The number of nitrogens with zero attached hydrogens (tertiary/aromatic N) is 16. The highest BCUT2D eigenvalue weighted by molar-refractivity contribution is 7.16. The van der Waals surface area contributed by atoms with Gasteiger partial charge >= 0.3 is 23.9 Å². The van der Waals surface area contributed by atoms with Crippen LogP contribution < -0.4 is 19.6 Å². The average molecular weight is 2130 g/mol. The van der Waals surface area contributed by atoms with E-state index in [9.17, 15) is 48.6 Å². The number of hydrogen-bond acceptors (Lipinski definition) is 22. The summed E-state index contributed by atoms with van der Waals surface area (Å²) in [5.74, 6) is 2.13. The van der Waals surface area contributed by atoms with Crippen LogP contribution in [-0.4, -0.2) is 155 Å². The molecular weight excluding hydrogens is 1960 g/mol. The molecule has 0 bridgehead atoms. The fraction of sp³-hybridized carbons (Fsp3) is 0.712. The molecule has 2 N–H and O–H groups in total. The van der Waals surface area contributed by atoms with Gasteiger partial charge in [0.05, 0.1) is 61.1 Å². The van der Waals surface area contributed by atoms with Gasteiger partial charge in [-0.15, -0.1) is 45.3 Å². The van der Waals surface area contributed by atoms with Crippen molar-refractivity contribution >= 4 is 121 Å². The summed E-state index contributed by atoms with van der Waals surface area (Å²) in [5.41, 5.74) is 5.56. The SMILES string of the molecule is CC1CCC(C(=O)N(c2cc(C3CCC(C)(C)CC3)sc2C(=O)O)C2CCC(n3cncn3)CC2)CC1.CC1CCC(C(=O)N(c2cc(C3CCC(C)(C)CC3)sc2C(=O)O)C2CCC(n3cncn3)CC2)CC1.COC(=O)c1sc(C2=CCC(C)(C)CC2)cc1N(C(=O)C1CCC(C)CC1)C1CCC(n2cncn2)CC1.COC(=O)c1sc(C2CCC(C)(C)CC2)cc1N(C(=O)C1CCC(C)CC1)C1CCC(n2cncn2)CC1. The Bertz CT molecular complexity index is 5610. The maximum absolute atomic E-state index is 14.3. The molecule has 12 aliphatic carbocycles. The van der Waals surface area contributed by atoms with E-state index in [1.165, 1.54) is 71.5 Å². The molecule has 32 heteroatoms. The van der Waals surface area contributed by atoms with Crippen LogP contribution in [-0.2, 0) is 28.7 Å². The number of thiophene rings is 4. The van der Waals surface area contributed by atoms with Crippen LogP contribution in [0.3, 0.4) is 0 Å². The Morgan fingerprint density at radius 2 is 0.560 bits per heavy atom. The number of carboxylic acid groups (broad SMARTS) is 2. The smallest absolute Gasteiger partial charge is 0.350 e. The number of hydrogen-bond donors (Lipinski definition) is 2. The summed E-state index contributed by atoms with van der Waals surface area (Å²) in [6, 6.07) is 9.86. The third-order valence-corrected chi connectivity index (χ3v) is 42.4. The number of anilines is 4. The van der Waals surface area contributed by atoms with Crippen molar-refractivity contribution in [3.8, 4) is 0 Å². The van der Waals surface area contributed by atoms with E-state index in [1.54, 1.807) is 62.0 Å². The average Bonchev–Trinajstić information content (AvgIpc) is 1.62. The summed E-state index contributed by atoms with van der Waals surface area (Å²) in [7, 11) is 2.89. The van der Waals surface area contributed by atoms with E-state index in [0.29, 0.717) is 106 Å². The Hall–Kier alpha value is -9.14. The summed E-state index contributed by atoms with van der Waals surface area (Å²) in [4.78, 5) is 139. The first-order valence-electron chi connectivity index (χ1n) is 57.5. The topological polar surface area (TPSA) is 331 Å². The molecule has 8 aromatic rings. The van der Waals surface area contributed by atoms with Crippen molar-refractivity contribution < 1.29 is 58.0 Å². The van der Waals surface area contributed by atoms with E-state index in [4.69, 9.17) is 9.47 Å². The van der Waals surface area contributed by atoms with E-state index in [0.717, 1.165) is 315 Å². The standard InChI is InChI=1S/C30H44N4O3S.C30H42N4O3S.2C29H42N4O3S/c2*1-20-5-7-22(8-6-20)28(35)34(24-11-9-23(10-12-24)33-19-31-18-32-33)25-17-26(38-27(25)29(36)37-4)21-13-15-30(2,3)16-14-21;2*1-19-4-6-21(7-5-19)27(34)33(23-10-8-22(9-11-23)32-18-30-17-31-32)24-16-25(37-26(24)28(35)36)20-12-14-29(2,3)15-13-20/h17-24H,5-16H2,1-4H3;13,17-20,22-24H,5-12,14-16H2,1-4H3;2*16-23H,4-15H2,1-3H3,(H,35,36). The predicted octanol–water partition coefficient (Wildman–Crippen LogP) is 28.3. The van der Waals surface area contributed by atoms with Gasteiger partial charge in [-0.05, 0) is 395 Å². The second kappa shape index (κ2) is 49.7. The first-order chi connectivity index (χ1) is 71.9. The number of carbonyl (C=O) groups excluding carboxylic acids is 6.